The van der Waals surface area contributed by atoms with E-state index in [0.29, 0.717) is 12.0 Å². The van der Waals surface area contributed by atoms with Crippen LogP contribution in [0, 0.1) is 11.8 Å². The maximum absolute atomic E-state index is 12.2. The number of hydrogen-bond donors (Lipinski definition) is 0. The van der Waals surface area contributed by atoms with Gasteiger partial charge in [-0.15, -0.1) is 0 Å². The maximum atomic E-state index is 12.2. The maximum Gasteiger partial charge on any atom is 0.238 e. The molecule has 0 radical (unpaired) electrons. The van der Waals surface area contributed by atoms with Crippen molar-refractivity contribution in [3.8, 4) is 0 Å². The number of halogens is 2. The monoisotopic (exact) mass is 205 g/mol. The highest BCUT2D eigenvalue weighted by molar-refractivity contribution is 4.84. The minimum absolute atomic E-state index is 0.0823. The van der Waals surface area contributed by atoms with Crippen LogP contribution in [0.4, 0.5) is 8.78 Å². The van der Waals surface area contributed by atoms with E-state index < -0.39 is 6.43 Å². The van der Waals surface area contributed by atoms with Gasteiger partial charge in [0.15, 0.2) is 0 Å². The van der Waals surface area contributed by atoms with Crippen LogP contribution >= 0.6 is 0 Å². The molecule has 0 amide bonds. The molecule has 2 atom stereocenters. The Morgan fingerprint density at radius 3 is 2.43 bits per heavy atom. The fourth-order valence-electron chi connectivity index (χ4n) is 2.44. The molecule has 1 aliphatic heterocycles. The van der Waals surface area contributed by atoms with Crippen LogP contribution in [0.1, 0.15) is 33.1 Å². The van der Waals surface area contributed by atoms with Crippen molar-refractivity contribution in [2.75, 3.05) is 13.6 Å². The van der Waals surface area contributed by atoms with E-state index in [2.05, 4.69) is 25.8 Å². The number of likely N-dealkylation sites (tertiary alicyclic amines) is 1. The van der Waals surface area contributed by atoms with Crippen molar-refractivity contribution in [1.82, 2.24) is 4.90 Å². The standard InChI is InChI=1S/C11H21F2N/c1-8(2)4-10-5-9(6-11(12)13)7-14(10)3/h8-11H,4-7H2,1-3H3. The van der Waals surface area contributed by atoms with Gasteiger partial charge in [-0.25, -0.2) is 8.78 Å². The molecule has 1 nitrogen and oxygen atoms in total. The van der Waals surface area contributed by atoms with Gasteiger partial charge in [-0.2, -0.15) is 0 Å². The Labute approximate surface area is 85.5 Å². The molecule has 0 N–H and O–H groups in total. The van der Waals surface area contributed by atoms with E-state index in [-0.39, 0.29) is 12.3 Å². The molecule has 0 aromatic heterocycles. The topological polar surface area (TPSA) is 3.24 Å². The third-order valence-corrected chi connectivity index (χ3v) is 3.03. The van der Waals surface area contributed by atoms with E-state index in [1.807, 2.05) is 0 Å². The van der Waals surface area contributed by atoms with Crippen molar-refractivity contribution < 1.29 is 8.78 Å². The van der Waals surface area contributed by atoms with E-state index in [4.69, 9.17) is 0 Å². The molecule has 1 fully saturated rings. The van der Waals surface area contributed by atoms with Crippen LogP contribution in [0.25, 0.3) is 0 Å². The van der Waals surface area contributed by atoms with Gasteiger partial charge in [-0.05, 0) is 31.7 Å². The highest BCUT2D eigenvalue weighted by atomic mass is 19.3. The van der Waals surface area contributed by atoms with Gasteiger partial charge in [-0.1, -0.05) is 13.8 Å². The number of rotatable bonds is 4. The summed E-state index contributed by atoms with van der Waals surface area (Å²) in [6.07, 6.45) is 0.0416. The lowest BCUT2D eigenvalue weighted by Crippen LogP contribution is -2.26. The summed E-state index contributed by atoms with van der Waals surface area (Å²) in [5.41, 5.74) is 0. The fourth-order valence-corrected chi connectivity index (χ4v) is 2.44. The minimum atomic E-state index is -2.13. The van der Waals surface area contributed by atoms with Crippen LogP contribution in [-0.2, 0) is 0 Å². The zero-order valence-corrected chi connectivity index (χ0v) is 9.34. The zero-order chi connectivity index (χ0) is 10.7. The molecule has 84 valence electrons. The Hall–Kier alpha value is -0.180. The van der Waals surface area contributed by atoms with E-state index >= 15 is 0 Å². The molecule has 1 rings (SSSR count). The van der Waals surface area contributed by atoms with Crippen molar-refractivity contribution in [3.05, 3.63) is 0 Å². The summed E-state index contributed by atoms with van der Waals surface area (Å²) in [5, 5.41) is 0. The fraction of sp³-hybridized carbons (Fsp3) is 1.00. The molecule has 0 aliphatic carbocycles. The first-order valence-corrected chi connectivity index (χ1v) is 5.47. The summed E-state index contributed by atoms with van der Waals surface area (Å²) in [6.45, 7) is 5.23. The summed E-state index contributed by atoms with van der Waals surface area (Å²) in [7, 11) is 2.05. The van der Waals surface area contributed by atoms with Crippen molar-refractivity contribution >= 4 is 0 Å². The summed E-state index contributed by atoms with van der Waals surface area (Å²) in [4.78, 5) is 2.24. The van der Waals surface area contributed by atoms with Gasteiger partial charge < -0.3 is 4.90 Å². The Kier molecular flexibility index (Phi) is 4.30. The normalized spacial score (nSPS) is 29.4. The van der Waals surface area contributed by atoms with Gasteiger partial charge in [0.25, 0.3) is 0 Å². The van der Waals surface area contributed by atoms with Crippen molar-refractivity contribution in [2.45, 2.75) is 45.6 Å². The molecular formula is C11H21F2N. The van der Waals surface area contributed by atoms with Gasteiger partial charge in [0, 0.05) is 19.0 Å². The third-order valence-electron chi connectivity index (χ3n) is 3.03. The smallest absolute Gasteiger partial charge is 0.238 e. The Morgan fingerprint density at radius 2 is 1.93 bits per heavy atom. The van der Waals surface area contributed by atoms with Crippen molar-refractivity contribution in [3.63, 3.8) is 0 Å². The number of nitrogens with zero attached hydrogens (tertiary/aromatic N) is 1. The van der Waals surface area contributed by atoms with Gasteiger partial charge in [-0.3, -0.25) is 0 Å². The zero-order valence-electron chi connectivity index (χ0n) is 9.34. The summed E-state index contributed by atoms with van der Waals surface area (Å²) >= 11 is 0. The second kappa shape index (κ2) is 5.06. The molecule has 0 aromatic carbocycles. The second-order valence-electron chi connectivity index (χ2n) is 4.95. The van der Waals surface area contributed by atoms with Gasteiger partial charge in [0.05, 0.1) is 0 Å². The van der Waals surface area contributed by atoms with Crippen LogP contribution in [-0.4, -0.2) is 31.0 Å². The highest BCUT2D eigenvalue weighted by Crippen LogP contribution is 2.29. The van der Waals surface area contributed by atoms with E-state index in [1.165, 1.54) is 0 Å². The molecule has 0 bridgehead atoms. The van der Waals surface area contributed by atoms with Crippen LogP contribution in [0.15, 0.2) is 0 Å². The third kappa shape index (κ3) is 3.52. The Bertz CT molecular complexity index is 171. The number of hydrogen-bond acceptors (Lipinski definition) is 1. The van der Waals surface area contributed by atoms with Crippen LogP contribution < -0.4 is 0 Å². The summed E-state index contributed by atoms with van der Waals surface area (Å²) in [6, 6.07) is 0.527. The lowest BCUT2D eigenvalue weighted by Gasteiger charge is -2.20. The molecule has 0 spiro atoms. The first kappa shape index (κ1) is 11.9. The molecule has 1 heterocycles. The van der Waals surface area contributed by atoms with Gasteiger partial charge in [0.1, 0.15) is 0 Å². The first-order chi connectivity index (χ1) is 6.49. The van der Waals surface area contributed by atoms with Crippen molar-refractivity contribution in [2.24, 2.45) is 11.8 Å². The SMILES string of the molecule is CC(C)CC1CC(CC(F)F)CN1C. The average molecular weight is 205 g/mol. The lowest BCUT2D eigenvalue weighted by molar-refractivity contribution is 0.116. The largest absolute Gasteiger partial charge is 0.303 e. The van der Waals surface area contributed by atoms with Gasteiger partial charge in [0.2, 0.25) is 6.43 Å². The van der Waals surface area contributed by atoms with Crippen LogP contribution in [0.5, 0.6) is 0 Å². The van der Waals surface area contributed by atoms with E-state index in [9.17, 15) is 8.78 Å². The molecule has 3 heteroatoms. The van der Waals surface area contributed by atoms with Crippen LogP contribution in [0.3, 0.4) is 0 Å². The molecule has 0 saturated carbocycles. The molecule has 1 saturated heterocycles. The number of alkyl halides is 2. The Balaban J connectivity index is 2.35. The summed E-state index contributed by atoms with van der Waals surface area (Å²) in [5.74, 6) is 0.872. The average Bonchev–Trinajstić information content (AvgIpc) is 2.28. The molecule has 2 unspecified atom stereocenters. The quantitative estimate of drug-likeness (QED) is 0.682. The van der Waals surface area contributed by atoms with E-state index in [0.717, 1.165) is 19.4 Å². The van der Waals surface area contributed by atoms with E-state index in [1.54, 1.807) is 0 Å². The predicted molar refractivity (Wildman–Crippen MR) is 54.6 cm³/mol. The Morgan fingerprint density at radius 1 is 1.29 bits per heavy atom. The van der Waals surface area contributed by atoms with Gasteiger partial charge >= 0.3 is 0 Å². The summed E-state index contributed by atoms with van der Waals surface area (Å²) < 4.78 is 24.4. The molecule has 1 aliphatic rings. The predicted octanol–water partition coefficient (Wildman–Crippen LogP) is 3.01. The molecular weight excluding hydrogens is 184 g/mol. The molecule has 14 heavy (non-hydrogen) atoms. The van der Waals surface area contributed by atoms with Crippen molar-refractivity contribution in [1.29, 1.82) is 0 Å². The highest BCUT2D eigenvalue weighted by Gasteiger charge is 2.31. The lowest BCUT2D eigenvalue weighted by atomic mass is 9.97. The second-order valence-corrected chi connectivity index (χ2v) is 4.95. The first-order valence-electron chi connectivity index (χ1n) is 5.47. The minimum Gasteiger partial charge on any atom is -0.303 e. The van der Waals surface area contributed by atoms with Crippen LogP contribution in [0.2, 0.25) is 0 Å². The molecule has 0 aromatic rings.